The molecule has 1 amide bonds. The zero-order chi connectivity index (χ0) is 24.1. The Balaban J connectivity index is 1.48. The van der Waals surface area contributed by atoms with Crippen molar-refractivity contribution in [3.63, 3.8) is 0 Å². The van der Waals surface area contributed by atoms with Crippen molar-refractivity contribution in [2.75, 3.05) is 26.6 Å². The van der Waals surface area contributed by atoms with Gasteiger partial charge in [-0.2, -0.15) is 4.98 Å². The molecule has 0 aliphatic heterocycles. The first-order chi connectivity index (χ1) is 16.5. The number of aryl methyl sites for hydroxylation is 1. The van der Waals surface area contributed by atoms with Crippen molar-refractivity contribution in [3.05, 3.63) is 72.6 Å². The second kappa shape index (κ2) is 9.90. The number of ether oxygens (including phenoxy) is 4. The summed E-state index contributed by atoms with van der Waals surface area (Å²) in [5.41, 5.74) is 0.947. The van der Waals surface area contributed by atoms with Crippen LogP contribution in [0, 0.1) is 6.92 Å². The van der Waals surface area contributed by atoms with Crippen LogP contribution in [0.15, 0.2) is 61.2 Å². The van der Waals surface area contributed by atoms with E-state index in [0.29, 0.717) is 51.8 Å². The molecule has 174 valence electrons. The van der Waals surface area contributed by atoms with Crippen LogP contribution in [0.5, 0.6) is 28.9 Å². The molecule has 0 bridgehead atoms. The number of nitrogens with zero attached hydrogens (tertiary/aromatic N) is 4. The Bertz CT molecular complexity index is 1260. The van der Waals surface area contributed by atoms with Gasteiger partial charge in [0.2, 0.25) is 11.6 Å². The summed E-state index contributed by atoms with van der Waals surface area (Å²) in [6, 6.07) is 11.8. The zero-order valence-corrected chi connectivity index (χ0v) is 19.1. The number of hydrogen-bond donors (Lipinski definition) is 1. The Morgan fingerprint density at radius 3 is 2.24 bits per heavy atom. The summed E-state index contributed by atoms with van der Waals surface area (Å²) in [5.74, 6) is 3.04. The SMILES string of the molecule is COc1cc(C(=O)Nc2ccc(Oc3cc(-n4ccnc4)nc(C)n3)cc2)cc(OC)c1OC. The van der Waals surface area contributed by atoms with Gasteiger partial charge in [0.15, 0.2) is 11.5 Å². The third kappa shape index (κ3) is 4.90. The predicted octanol–water partition coefficient (Wildman–Crippen LogP) is 4.04. The minimum absolute atomic E-state index is 0.329. The molecule has 2 heterocycles. The summed E-state index contributed by atoms with van der Waals surface area (Å²) in [5, 5.41) is 2.84. The third-order valence-corrected chi connectivity index (χ3v) is 4.83. The maximum atomic E-state index is 12.8. The Morgan fingerprint density at radius 2 is 1.65 bits per heavy atom. The summed E-state index contributed by atoms with van der Waals surface area (Å²) in [7, 11) is 4.50. The van der Waals surface area contributed by atoms with Crippen molar-refractivity contribution in [3.8, 4) is 34.7 Å². The number of nitrogens with one attached hydrogen (secondary N) is 1. The van der Waals surface area contributed by atoms with E-state index < -0.39 is 0 Å². The number of imidazole rings is 1. The van der Waals surface area contributed by atoms with Gasteiger partial charge in [-0.3, -0.25) is 9.36 Å². The van der Waals surface area contributed by atoms with Crippen molar-refractivity contribution in [2.45, 2.75) is 6.92 Å². The molecule has 4 rings (SSSR count). The molecule has 0 aliphatic carbocycles. The molecule has 10 nitrogen and oxygen atoms in total. The van der Waals surface area contributed by atoms with Gasteiger partial charge in [0.05, 0.1) is 21.3 Å². The van der Waals surface area contributed by atoms with E-state index in [-0.39, 0.29) is 5.91 Å². The van der Waals surface area contributed by atoms with Gasteiger partial charge in [-0.05, 0) is 43.3 Å². The number of carbonyl (C=O) groups is 1. The van der Waals surface area contributed by atoms with Gasteiger partial charge in [0.25, 0.3) is 5.91 Å². The summed E-state index contributed by atoms with van der Waals surface area (Å²) in [6.07, 6.45) is 5.11. The molecule has 2 aromatic carbocycles. The molecular formula is C24H23N5O5. The third-order valence-electron chi connectivity index (χ3n) is 4.83. The lowest BCUT2D eigenvalue weighted by Gasteiger charge is -2.14. The zero-order valence-electron chi connectivity index (χ0n) is 19.1. The van der Waals surface area contributed by atoms with Crippen LogP contribution in [0.4, 0.5) is 5.69 Å². The number of aromatic nitrogens is 4. The number of methoxy groups -OCH3 is 3. The fourth-order valence-corrected chi connectivity index (χ4v) is 3.25. The lowest BCUT2D eigenvalue weighted by molar-refractivity contribution is 0.102. The molecule has 4 aromatic rings. The number of carbonyl (C=O) groups excluding carboxylic acids is 1. The van der Waals surface area contributed by atoms with Gasteiger partial charge in [0, 0.05) is 29.7 Å². The van der Waals surface area contributed by atoms with E-state index >= 15 is 0 Å². The molecule has 0 radical (unpaired) electrons. The maximum absolute atomic E-state index is 12.8. The fourth-order valence-electron chi connectivity index (χ4n) is 3.25. The molecular weight excluding hydrogens is 438 g/mol. The van der Waals surface area contributed by atoms with Gasteiger partial charge in [0.1, 0.15) is 23.7 Å². The van der Waals surface area contributed by atoms with Gasteiger partial charge in [-0.1, -0.05) is 0 Å². The lowest BCUT2D eigenvalue weighted by atomic mass is 10.1. The maximum Gasteiger partial charge on any atom is 0.255 e. The molecule has 0 atom stereocenters. The van der Waals surface area contributed by atoms with E-state index in [2.05, 4.69) is 20.3 Å². The largest absolute Gasteiger partial charge is 0.493 e. The number of rotatable bonds is 8. The molecule has 0 unspecified atom stereocenters. The van der Waals surface area contributed by atoms with Crippen molar-refractivity contribution < 1.29 is 23.7 Å². The average Bonchev–Trinajstić information content (AvgIpc) is 3.39. The number of benzene rings is 2. The molecule has 0 saturated heterocycles. The van der Waals surface area contributed by atoms with Gasteiger partial charge < -0.3 is 24.3 Å². The Kier molecular flexibility index (Phi) is 6.58. The van der Waals surface area contributed by atoms with E-state index in [1.807, 2.05) is 0 Å². The standard InChI is InChI=1S/C24H23N5O5/c1-15-26-21(29-10-9-25-14-29)13-22(27-15)34-18-7-5-17(6-8-18)28-24(30)16-11-19(31-2)23(33-4)20(12-16)32-3/h5-14H,1-4H3,(H,28,30). The summed E-state index contributed by atoms with van der Waals surface area (Å²) in [4.78, 5) is 25.5. The molecule has 2 aromatic heterocycles. The Morgan fingerprint density at radius 1 is 0.941 bits per heavy atom. The highest BCUT2D eigenvalue weighted by atomic mass is 16.5. The molecule has 10 heteroatoms. The summed E-state index contributed by atoms with van der Waals surface area (Å²) >= 11 is 0. The minimum Gasteiger partial charge on any atom is -0.493 e. The highest BCUT2D eigenvalue weighted by molar-refractivity contribution is 6.05. The van der Waals surface area contributed by atoms with Gasteiger partial charge >= 0.3 is 0 Å². The van der Waals surface area contributed by atoms with E-state index in [0.717, 1.165) is 0 Å². The topological polar surface area (TPSA) is 110 Å². The molecule has 1 N–H and O–H groups in total. The van der Waals surface area contributed by atoms with E-state index in [9.17, 15) is 4.79 Å². The van der Waals surface area contributed by atoms with E-state index in [1.54, 1.807) is 72.7 Å². The summed E-state index contributed by atoms with van der Waals surface area (Å²) < 4.78 is 23.6. The summed E-state index contributed by atoms with van der Waals surface area (Å²) in [6.45, 7) is 1.79. The minimum atomic E-state index is -0.329. The second-order valence-electron chi connectivity index (χ2n) is 7.08. The number of anilines is 1. The van der Waals surface area contributed by atoms with E-state index in [4.69, 9.17) is 18.9 Å². The number of hydrogen-bond acceptors (Lipinski definition) is 8. The lowest BCUT2D eigenvalue weighted by Crippen LogP contribution is -2.12. The normalized spacial score (nSPS) is 10.5. The highest BCUT2D eigenvalue weighted by Crippen LogP contribution is 2.38. The van der Waals surface area contributed by atoms with Crippen LogP contribution in [0.2, 0.25) is 0 Å². The quantitative estimate of drug-likeness (QED) is 0.419. The van der Waals surface area contributed by atoms with Crippen molar-refractivity contribution in [1.29, 1.82) is 0 Å². The molecule has 0 fully saturated rings. The fraction of sp³-hybridized carbons (Fsp3) is 0.167. The van der Waals surface area contributed by atoms with Crippen molar-refractivity contribution >= 4 is 11.6 Å². The first-order valence-electron chi connectivity index (χ1n) is 10.2. The van der Waals surface area contributed by atoms with Crippen LogP contribution in [0.1, 0.15) is 16.2 Å². The highest BCUT2D eigenvalue weighted by Gasteiger charge is 2.17. The Hall–Kier alpha value is -4.60. The van der Waals surface area contributed by atoms with Crippen LogP contribution in [0.25, 0.3) is 5.82 Å². The van der Waals surface area contributed by atoms with Crippen LogP contribution >= 0.6 is 0 Å². The molecule has 0 spiro atoms. The predicted molar refractivity (Wildman–Crippen MR) is 124 cm³/mol. The van der Waals surface area contributed by atoms with Crippen LogP contribution in [-0.4, -0.2) is 46.8 Å². The molecule has 0 saturated carbocycles. The van der Waals surface area contributed by atoms with Crippen molar-refractivity contribution in [1.82, 2.24) is 19.5 Å². The first-order valence-corrected chi connectivity index (χ1v) is 10.2. The first kappa shape index (κ1) is 22.6. The molecule has 0 aliphatic rings. The van der Waals surface area contributed by atoms with Crippen LogP contribution in [-0.2, 0) is 0 Å². The van der Waals surface area contributed by atoms with Gasteiger partial charge in [-0.15, -0.1) is 0 Å². The van der Waals surface area contributed by atoms with Gasteiger partial charge in [-0.25, -0.2) is 9.97 Å². The number of amides is 1. The van der Waals surface area contributed by atoms with Crippen LogP contribution in [0.3, 0.4) is 0 Å². The van der Waals surface area contributed by atoms with Crippen molar-refractivity contribution in [2.24, 2.45) is 0 Å². The van der Waals surface area contributed by atoms with E-state index in [1.165, 1.54) is 21.3 Å². The Labute approximate surface area is 196 Å². The molecule has 34 heavy (non-hydrogen) atoms. The monoisotopic (exact) mass is 461 g/mol. The smallest absolute Gasteiger partial charge is 0.255 e. The van der Waals surface area contributed by atoms with Crippen LogP contribution < -0.4 is 24.3 Å². The average molecular weight is 461 g/mol. The second-order valence-corrected chi connectivity index (χ2v) is 7.08.